The second-order valence-electron chi connectivity index (χ2n) is 4.97. The van der Waals surface area contributed by atoms with Crippen LogP contribution in [0.1, 0.15) is 11.1 Å². The molecule has 0 radical (unpaired) electrons. The average Bonchev–Trinajstić information content (AvgIpc) is 3.02. The summed E-state index contributed by atoms with van der Waals surface area (Å²) in [6.45, 7) is 0.821. The van der Waals surface area contributed by atoms with Crippen LogP contribution in [-0.4, -0.2) is 22.0 Å². The van der Waals surface area contributed by atoms with Crippen molar-refractivity contribution >= 4 is 11.7 Å². The molecular weight excluding hydrogens is 278 g/mol. The summed E-state index contributed by atoms with van der Waals surface area (Å²) >= 11 is 0. The largest absolute Gasteiger partial charge is 0.445 e. The van der Waals surface area contributed by atoms with Crippen LogP contribution in [0.5, 0.6) is 0 Å². The molecule has 3 rings (SSSR count). The second-order valence-corrected chi connectivity index (χ2v) is 4.97. The molecule has 112 valence electrons. The van der Waals surface area contributed by atoms with Crippen LogP contribution in [-0.2, 0) is 17.8 Å². The summed E-state index contributed by atoms with van der Waals surface area (Å²) in [5.41, 5.74) is 3.02. The van der Waals surface area contributed by atoms with Gasteiger partial charge in [-0.15, -0.1) is 0 Å². The smallest absolute Gasteiger partial charge is 0.407 e. The summed E-state index contributed by atoms with van der Waals surface area (Å²) in [6, 6.07) is 13.6. The number of ether oxygens (including phenoxy) is 1. The van der Waals surface area contributed by atoms with Gasteiger partial charge >= 0.3 is 6.09 Å². The first-order chi connectivity index (χ1) is 10.8. The van der Waals surface area contributed by atoms with Crippen LogP contribution in [0.3, 0.4) is 0 Å². The number of hydrogen-bond acceptors (Lipinski definition) is 3. The fourth-order valence-electron chi connectivity index (χ4n) is 2.20. The van der Waals surface area contributed by atoms with E-state index in [1.807, 2.05) is 59.3 Å². The Kier molecular flexibility index (Phi) is 4.34. The van der Waals surface area contributed by atoms with Crippen molar-refractivity contribution < 1.29 is 9.53 Å². The number of pyridine rings is 1. The molecule has 1 amide bonds. The average molecular weight is 295 g/mol. The van der Waals surface area contributed by atoms with Gasteiger partial charge in [0.1, 0.15) is 12.3 Å². The van der Waals surface area contributed by atoms with Crippen molar-refractivity contribution in [1.82, 2.24) is 14.7 Å². The topological polar surface area (TPSA) is 55.6 Å². The van der Waals surface area contributed by atoms with E-state index in [1.54, 1.807) is 6.20 Å². The SMILES string of the molecule is O=C(NCCc1ccc2nccn2c1)OCc1ccccc1. The molecule has 2 aromatic heterocycles. The van der Waals surface area contributed by atoms with Crippen LogP contribution in [0.4, 0.5) is 4.79 Å². The molecule has 1 N–H and O–H groups in total. The predicted octanol–water partition coefficient (Wildman–Crippen LogP) is 2.80. The van der Waals surface area contributed by atoms with Crippen LogP contribution in [0.25, 0.3) is 5.65 Å². The fraction of sp³-hybridized carbons (Fsp3) is 0.176. The highest BCUT2D eigenvalue weighted by molar-refractivity contribution is 5.67. The Balaban J connectivity index is 1.43. The number of fused-ring (bicyclic) bond motifs is 1. The van der Waals surface area contributed by atoms with Gasteiger partial charge in [-0.25, -0.2) is 9.78 Å². The van der Waals surface area contributed by atoms with Gasteiger partial charge in [0, 0.05) is 25.1 Å². The first kappa shape index (κ1) is 14.1. The molecule has 0 saturated carbocycles. The highest BCUT2D eigenvalue weighted by Crippen LogP contribution is 2.05. The Bertz CT molecular complexity index is 753. The van der Waals surface area contributed by atoms with Gasteiger partial charge in [0.2, 0.25) is 0 Å². The van der Waals surface area contributed by atoms with E-state index in [2.05, 4.69) is 10.3 Å². The Hall–Kier alpha value is -2.82. The van der Waals surface area contributed by atoms with Crippen molar-refractivity contribution in [3.63, 3.8) is 0 Å². The van der Waals surface area contributed by atoms with Gasteiger partial charge in [-0.1, -0.05) is 36.4 Å². The van der Waals surface area contributed by atoms with Crippen molar-refractivity contribution in [3.05, 3.63) is 72.2 Å². The third-order valence-electron chi connectivity index (χ3n) is 3.35. The van der Waals surface area contributed by atoms with E-state index in [0.29, 0.717) is 6.54 Å². The Morgan fingerprint density at radius 3 is 2.86 bits per heavy atom. The highest BCUT2D eigenvalue weighted by Gasteiger charge is 2.03. The van der Waals surface area contributed by atoms with Crippen LogP contribution in [0.2, 0.25) is 0 Å². The van der Waals surface area contributed by atoms with E-state index >= 15 is 0 Å². The van der Waals surface area contributed by atoms with Crippen LogP contribution in [0.15, 0.2) is 61.1 Å². The first-order valence-electron chi connectivity index (χ1n) is 7.17. The molecule has 5 nitrogen and oxygen atoms in total. The van der Waals surface area contributed by atoms with Crippen molar-refractivity contribution in [3.8, 4) is 0 Å². The van der Waals surface area contributed by atoms with E-state index in [1.165, 1.54) is 0 Å². The quantitative estimate of drug-likeness (QED) is 0.787. The van der Waals surface area contributed by atoms with Crippen LogP contribution >= 0.6 is 0 Å². The van der Waals surface area contributed by atoms with E-state index in [4.69, 9.17) is 4.74 Å². The second kappa shape index (κ2) is 6.76. The lowest BCUT2D eigenvalue weighted by molar-refractivity contribution is 0.140. The summed E-state index contributed by atoms with van der Waals surface area (Å²) in [7, 11) is 0. The van der Waals surface area contributed by atoms with E-state index in [9.17, 15) is 4.79 Å². The third-order valence-corrected chi connectivity index (χ3v) is 3.35. The van der Waals surface area contributed by atoms with Gasteiger partial charge in [0.25, 0.3) is 0 Å². The fourth-order valence-corrected chi connectivity index (χ4v) is 2.20. The van der Waals surface area contributed by atoms with Gasteiger partial charge in [0.05, 0.1) is 0 Å². The molecule has 0 atom stereocenters. The number of benzene rings is 1. The van der Waals surface area contributed by atoms with E-state index in [0.717, 1.165) is 23.2 Å². The molecule has 0 aliphatic carbocycles. The predicted molar refractivity (Wildman–Crippen MR) is 83.5 cm³/mol. The lowest BCUT2D eigenvalue weighted by atomic mass is 10.2. The maximum absolute atomic E-state index is 11.6. The molecule has 0 bridgehead atoms. The highest BCUT2D eigenvalue weighted by atomic mass is 16.5. The number of rotatable bonds is 5. The van der Waals surface area contributed by atoms with Gasteiger partial charge < -0.3 is 14.5 Å². The number of aromatic nitrogens is 2. The summed E-state index contributed by atoms with van der Waals surface area (Å²) in [5.74, 6) is 0. The summed E-state index contributed by atoms with van der Waals surface area (Å²) < 4.78 is 7.12. The molecule has 0 unspecified atom stereocenters. The minimum absolute atomic E-state index is 0.285. The Labute approximate surface area is 128 Å². The van der Waals surface area contributed by atoms with Crippen molar-refractivity contribution in [2.45, 2.75) is 13.0 Å². The number of nitrogens with one attached hydrogen (secondary N) is 1. The number of alkyl carbamates (subject to hydrolysis) is 1. The maximum atomic E-state index is 11.6. The molecule has 1 aromatic carbocycles. The van der Waals surface area contributed by atoms with Gasteiger partial charge in [-0.2, -0.15) is 0 Å². The minimum Gasteiger partial charge on any atom is -0.445 e. The molecule has 0 aliphatic heterocycles. The van der Waals surface area contributed by atoms with Crippen LogP contribution < -0.4 is 5.32 Å². The number of hydrogen-bond donors (Lipinski definition) is 1. The number of carbonyl (C=O) groups is 1. The molecule has 0 saturated heterocycles. The standard InChI is InChI=1S/C17H17N3O2/c21-17(22-13-15-4-2-1-3-5-15)19-9-8-14-6-7-16-18-10-11-20(16)12-14/h1-7,10-12H,8-9,13H2,(H,19,21). The van der Waals surface area contributed by atoms with Crippen molar-refractivity contribution in [2.24, 2.45) is 0 Å². The summed E-state index contributed by atoms with van der Waals surface area (Å²) in [6.07, 6.45) is 6.03. The first-order valence-corrected chi connectivity index (χ1v) is 7.17. The molecule has 5 heteroatoms. The minimum atomic E-state index is -0.396. The molecule has 0 spiro atoms. The van der Waals surface area contributed by atoms with Gasteiger partial charge in [-0.3, -0.25) is 0 Å². The Morgan fingerprint density at radius 1 is 1.14 bits per heavy atom. The Morgan fingerprint density at radius 2 is 2.00 bits per heavy atom. The monoisotopic (exact) mass is 295 g/mol. The van der Waals surface area contributed by atoms with Gasteiger partial charge in [0.15, 0.2) is 0 Å². The van der Waals surface area contributed by atoms with Gasteiger partial charge in [-0.05, 0) is 23.6 Å². The van der Waals surface area contributed by atoms with E-state index in [-0.39, 0.29) is 6.61 Å². The molecule has 2 heterocycles. The molecule has 3 aromatic rings. The third kappa shape index (κ3) is 3.63. The zero-order valence-corrected chi connectivity index (χ0v) is 12.1. The number of imidazole rings is 1. The lowest BCUT2D eigenvalue weighted by Crippen LogP contribution is -2.26. The van der Waals surface area contributed by atoms with Crippen molar-refractivity contribution in [1.29, 1.82) is 0 Å². The molecule has 0 aliphatic rings. The normalized spacial score (nSPS) is 10.5. The zero-order valence-electron chi connectivity index (χ0n) is 12.1. The molecule has 22 heavy (non-hydrogen) atoms. The summed E-state index contributed by atoms with van der Waals surface area (Å²) in [4.78, 5) is 15.8. The lowest BCUT2D eigenvalue weighted by Gasteiger charge is -2.07. The van der Waals surface area contributed by atoms with Crippen molar-refractivity contribution in [2.75, 3.05) is 6.54 Å². The number of carbonyl (C=O) groups excluding carboxylic acids is 1. The van der Waals surface area contributed by atoms with Crippen LogP contribution in [0, 0.1) is 0 Å². The number of nitrogens with zero attached hydrogens (tertiary/aromatic N) is 2. The molecule has 0 fully saturated rings. The maximum Gasteiger partial charge on any atom is 0.407 e. The van der Waals surface area contributed by atoms with E-state index < -0.39 is 6.09 Å². The zero-order chi connectivity index (χ0) is 15.2. The molecular formula is C17H17N3O2. The number of amides is 1. The summed E-state index contributed by atoms with van der Waals surface area (Å²) in [5, 5.41) is 2.76.